The molecule has 0 saturated heterocycles. The highest BCUT2D eigenvalue weighted by atomic mass is 32.2. The average molecular weight is 356 g/mol. The smallest absolute Gasteiger partial charge is 0.309 e. The van der Waals surface area contributed by atoms with Crippen molar-refractivity contribution < 1.29 is 27.9 Å². The van der Waals surface area contributed by atoms with Crippen molar-refractivity contribution in [3.8, 4) is 0 Å². The van der Waals surface area contributed by atoms with Crippen LogP contribution >= 0.6 is 0 Å². The quantitative estimate of drug-likeness (QED) is 0.606. The van der Waals surface area contributed by atoms with E-state index in [4.69, 9.17) is 10.8 Å². The van der Waals surface area contributed by atoms with Crippen molar-refractivity contribution >= 4 is 27.6 Å². The lowest BCUT2D eigenvalue weighted by Crippen LogP contribution is -2.32. The number of carboxylic acid groups (broad SMARTS) is 1. The molecule has 0 aliphatic heterocycles. The third-order valence-corrected chi connectivity index (χ3v) is 5.08. The van der Waals surface area contributed by atoms with Gasteiger partial charge in [-0.25, -0.2) is 8.42 Å². The number of hydrogen-bond acceptors (Lipinski definition) is 5. The second-order valence-electron chi connectivity index (χ2n) is 5.94. The Labute approximate surface area is 140 Å². The predicted octanol–water partition coefficient (Wildman–Crippen LogP) is 0.176. The Balaban J connectivity index is 2.71. The van der Waals surface area contributed by atoms with Crippen LogP contribution in [0.2, 0.25) is 0 Å². The van der Waals surface area contributed by atoms with Crippen molar-refractivity contribution in [2.75, 3.05) is 12.3 Å². The van der Waals surface area contributed by atoms with E-state index in [1.165, 1.54) is 24.3 Å². The van der Waals surface area contributed by atoms with Crippen LogP contribution in [0.5, 0.6) is 0 Å². The van der Waals surface area contributed by atoms with Gasteiger partial charge in [0.25, 0.3) is 5.91 Å². The first-order valence-electron chi connectivity index (χ1n) is 7.08. The van der Waals surface area contributed by atoms with E-state index in [9.17, 15) is 22.8 Å². The van der Waals surface area contributed by atoms with Gasteiger partial charge in [-0.3, -0.25) is 14.4 Å². The zero-order valence-corrected chi connectivity index (χ0v) is 14.2. The van der Waals surface area contributed by atoms with Gasteiger partial charge in [-0.2, -0.15) is 0 Å². The second-order valence-corrected chi connectivity index (χ2v) is 7.93. The Bertz CT molecular complexity index is 738. The Morgan fingerprint density at radius 3 is 2.17 bits per heavy atom. The lowest BCUT2D eigenvalue weighted by Gasteiger charge is -2.18. The van der Waals surface area contributed by atoms with E-state index < -0.39 is 38.8 Å². The number of nitrogens with one attached hydrogen (secondary N) is 1. The van der Waals surface area contributed by atoms with Gasteiger partial charge in [-0.1, -0.05) is 0 Å². The molecule has 0 aliphatic carbocycles. The van der Waals surface area contributed by atoms with E-state index in [-0.39, 0.29) is 23.4 Å². The molecule has 0 fully saturated rings. The summed E-state index contributed by atoms with van der Waals surface area (Å²) in [6, 6.07) is 5.06. The fourth-order valence-corrected chi connectivity index (χ4v) is 2.87. The Morgan fingerprint density at radius 2 is 1.71 bits per heavy atom. The normalized spacial score (nSPS) is 11.8. The summed E-state index contributed by atoms with van der Waals surface area (Å²) in [6.07, 6.45) is 0.249. The molecular formula is C15H20N2O6S. The van der Waals surface area contributed by atoms with Crippen molar-refractivity contribution in [2.45, 2.75) is 25.2 Å². The third-order valence-electron chi connectivity index (χ3n) is 3.42. The van der Waals surface area contributed by atoms with Gasteiger partial charge >= 0.3 is 5.97 Å². The lowest BCUT2D eigenvalue weighted by atomic mass is 9.90. The summed E-state index contributed by atoms with van der Waals surface area (Å²) in [4.78, 5) is 33.6. The molecule has 132 valence electrons. The maximum atomic E-state index is 12.0. The summed E-state index contributed by atoms with van der Waals surface area (Å²) in [6.45, 7) is 3.28. The van der Waals surface area contributed by atoms with E-state index in [0.717, 1.165) is 0 Å². The van der Waals surface area contributed by atoms with Crippen LogP contribution in [0.3, 0.4) is 0 Å². The Hall–Kier alpha value is -2.42. The lowest BCUT2D eigenvalue weighted by molar-refractivity contribution is -0.147. The maximum absolute atomic E-state index is 12.0. The highest BCUT2D eigenvalue weighted by Crippen LogP contribution is 2.19. The molecular weight excluding hydrogens is 336 g/mol. The number of hydrogen-bond donors (Lipinski definition) is 3. The molecule has 0 atom stereocenters. The minimum absolute atomic E-state index is 0.107. The molecule has 24 heavy (non-hydrogen) atoms. The van der Waals surface area contributed by atoms with E-state index in [2.05, 4.69) is 5.32 Å². The largest absolute Gasteiger partial charge is 0.481 e. The monoisotopic (exact) mass is 356 g/mol. The molecule has 0 bridgehead atoms. The molecule has 1 rings (SSSR count). The highest BCUT2D eigenvalue weighted by molar-refractivity contribution is 7.92. The van der Waals surface area contributed by atoms with Crippen molar-refractivity contribution in [1.29, 1.82) is 0 Å². The number of carbonyl (C=O) groups excluding carboxylic acids is 2. The zero-order valence-electron chi connectivity index (χ0n) is 13.4. The average Bonchev–Trinajstić information content (AvgIpc) is 2.45. The fraction of sp³-hybridized carbons (Fsp3) is 0.400. The fourth-order valence-electron chi connectivity index (χ4n) is 1.78. The summed E-state index contributed by atoms with van der Waals surface area (Å²) >= 11 is 0. The standard InChI is InChI=1S/C15H20N2O6S/c1-15(2,14(20)21)7-8-17-13(19)10-3-5-11(6-4-10)24(22,23)9-12(16)18/h3-6H,7-9H2,1-2H3,(H2,16,18)(H,17,19)(H,20,21). The van der Waals surface area contributed by atoms with E-state index in [1.807, 2.05) is 0 Å². The first-order chi connectivity index (χ1) is 11.0. The molecule has 4 N–H and O–H groups in total. The molecule has 0 radical (unpaired) electrons. The van der Waals surface area contributed by atoms with Crippen LogP contribution in [0.1, 0.15) is 30.6 Å². The van der Waals surface area contributed by atoms with Gasteiger partial charge < -0.3 is 16.2 Å². The molecule has 2 amide bonds. The number of aliphatic carboxylic acids is 1. The summed E-state index contributed by atoms with van der Waals surface area (Å²) in [5.41, 5.74) is 4.15. The van der Waals surface area contributed by atoms with Crippen LogP contribution < -0.4 is 11.1 Å². The molecule has 9 heteroatoms. The number of amides is 2. The van der Waals surface area contributed by atoms with E-state index in [0.29, 0.717) is 0 Å². The van der Waals surface area contributed by atoms with Gasteiger partial charge in [0.2, 0.25) is 5.91 Å². The van der Waals surface area contributed by atoms with Gasteiger partial charge in [0.1, 0.15) is 5.75 Å². The van der Waals surface area contributed by atoms with Gasteiger partial charge in [0.15, 0.2) is 9.84 Å². The Kier molecular flexibility index (Phi) is 6.08. The SMILES string of the molecule is CC(C)(CCNC(=O)c1ccc(S(=O)(=O)CC(N)=O)cc1)C(=O)O. The second kappa shape index (κ2) is 7.43. The summed E-state index contributed by atoms with van der Waals surface area (Å²) in [5, 5.41) is 11.6. The number of primary amides is 1. The topological polar surface area (TPSA) is 144 Å². The molecule has 0 spiro atoms. The van der Waals surface area contributed by atoms with Crippen molar-refractivity contribution in [2.24, 2.45) is 11.1 Å². The minimum atomic E-state index is -3.82. The van der Waals surface area contributed by atoms with Gasteiger partial charge in [-0.15, -0.1) is 0 Å². The molecule has 0 saturated carbocycles. The van der Waals surface area contributed by atoms with Crippen LogP contribution in [0.4, 0.5) is 0 Å². The molecule has 0 aliphatic rings. The van der Waals surface area contributed by atoms with Gasteiger partial charge in [-0.05, 0) is 44.5 Å². The van der Waals surface area contributed by atoms with Crippen LogP contribution in [-0.4, -0.2) is 43.6 Å². The number of benzene rings is 1. The van der Waals surface area contributed by atoms with Crippen molar-refractivity contribution in [1.82, 2.24) is 5.32 Å². The van der Waals surface area contributed by atoms with Crippen molar-refractivity contribution in [3.63, 3.8) is 0 Å². The minimum Gasteiger partial charge on any atom is -0.481 e. The molecule has 0 heterocycles. The van der Waals surface area contributed by atoms with Crippen LogP contribution in [-0.2, 0) is 19.4 Å². The first kappa shape index (κ1) is 19.6. The number of carbonyl (C=O) groups is 3. The number of carboxylic acids is 1. The van der Waals surface area contributed by atoms with Crippen molar-refractivity contribution in [3.05, 3.63) is 29.8 Å². The number of nitrogens with two attached hydrogens (primary N) is 1. The number of rotatable bonds is 8. The summed E-state index contributed by atoms with van der Waals surface area (Å²) < 4.78 is 23.6. The summed E-state index contributed by atoms with van der Waals surface area (Å²) in [5.74, 6) is -3.17. The van der Waals surface area contributed by atoms with Crippen LogP contribution in [0.15, 0.2) is 29.2 Å². The van der Waals surface area contributed by atoms with Gasteiger partial charge in [0.05, 0.1) is 10.3 Å². The zero-order chi connectivity index (χ0) is 18.5. The number of sulfone groups is 1. The highest BCUT2D eigenvalue weighted by Gasteiger charge is 2.26. The van der Waals surface area contributed by atoms with Crippen LogP contribution in [0.25, 0.3) is 0 Å². The molecule has 0 aromatic heterocycles. The molecule has 0 unspecified atom stereocenters. The maximum Gasteiger partial charge on any atom is 0.309 e. The predicted molar refractivity (Wildman–Crippen MR) is 86.1 cm³/mol. The molecule has 8 nitrogen and oxygen atoms in total. The first-order valence-corrected chi connectivity index (χ1v) is 8.74. The van der Waals surface area contributed by atoms with E-state index in [1.54, 1.807) is 13.8 Å². The third kappa shape index (κ3) is 5.34. The van der Waals surface area contributed by atoms with Crippen LogP contribution in [0, 0.1) is 5.41 Å². The van der Waals surface area contributed by atoms with E-state index >= 15 is 0 Å². The summed E-state index contributed by atoms with van der Waals surface area (Å²) in [7, 11) is -3.82. The molecule has 1 aromatic rings. The van der Waals surface area contributed by atoms with Gasteiger partial charge in [0, 0.05) is 12.1 Å². The Morgan fingerprint density at radius 1 is 1.17 bits per heavy atom. The molecule has 1 aromatic carbocycles.